The number of aryl methyl sites for hydroxylation is 2. The van der Waals surface area contributed by atoms with E-state index >= 15 is 9.59 Å². The van der Waals surface area contributed by atoms with Crippen molar-refractivity contribution in [2.75, 3.05) is 0 Å². The van der Waals surface area contributed by atoms with E-state index in [1.165, 1.54) is 22.3 Å². The summed E-state index contributed by atoms with van der Waals surface area (Å²) in [4.78, 5) is 35.2. The molecule has 6 aromatic rings. The third-order valence-corrected chi connectivity index (χ3v) is 11.5. The first-order chi connectivity index (χ1) is 24.7. The van der Waals surface area contributed by atoms with Gasteiger partial charge >= 0.3 is 0 Å². The Kier molecular flexibility index (Phi) is 6.67. The van der Waals surface area contributed by atoms with Crippen LogP contribution in [0.15, 0.2) is 145 Å². The van der Waals surface area contributed by atoms with E-state index in [0.717, 1.165) is 82.6 Å². The van der Waals surface area contributed by atoms with Crippen LogP contribution < -0.4 is 0 Å². The normalized spacial score (nSPS) is 20.2. The number of benzene rings is 6. The fraction of sp³-hybridized carbons (Fsp3) is 0.174. The van der Waals surface area contributed by atoms with Crippen LogP contribution in [-0.2, 0) is 22.4 Å². The molecule has 0 spiro atoms. The van der Waals surface area contributed by atoms with E-state index < -0.39 is 0 Å². The molecule has 2 aliphatic heterocycles. The molecule has 6 aromatic carbocycles. The summed E-state index contributed by atoms with van der Waals surface area (Å²) in [5, 5.41) is 4.26. The lowest BCUT2D eigenvalue weighted by Crippen LogP contribution is -2.36. The molecule has 10 rings (SSSR count). The van der Waals surface area contributed by atoms with Gasteiger partial charge in [0.15, 0.2) is 0 Å². The van der Waals surface area contributed by atoms with Crippen LogP contribution in [0.1, 0.15) is 71.1 Å². The van der Waals surface area contributed by atoms with Gasteiger partial charge in [0, 0.05) is 11.1 Å². The van der Waals surface area contributed by atoms with Crippen molar-refractivity contribution in [3.05, 3.63) is 178 Å². The van der Waals surface area contributed by atoms with Gasteiger partial charge in [0.25, 0.3) is 11.8 Å². The molecule has 2 unspecified atom stereocenters. The van der Waals surface area contributed by atoms with Crippen molar-refractivity contribution in [3.8, 4) is 0 Å². The molecule has 50 heavy (non-hydrogen) atoms. The maximum Gasteiger partial charge on any atom is 0.261 e. The van der Waals surface area contributed by atoms with Crippen molar-refractivity contribution < 1.29 is 9.59 Å². The first kappa shape index (κ1) is 29.2. The van der Waals surface area contributed by atoms with Crippen LogP contribution in [0.4, 0.5) is 0 Å². The monoisotopic (exact) mass is 648 g/mol. The SMILES string of the molecule is O=C1C2=C(c3cccc4ccccc34)N(C3CCCc4ccccc43)C(=O)C2=C(c2cccc3ccccc23)N1C1CCCc2ccccc21. The maximum atomic E-state index is 15.6. The second kappa shape index (κ2) is 11.4. The van der Waals surface area contributed by atoms with Gasteiger partial charge < -0.3 is 0 Å². The van der Waals surface area contributed by atoms with Gasteiger partial charge in [0.2, 0.25) is 0 Å². The molecule has 242 valence electrons. The highest BCUT2D eigenvalue weighted by Crippen LogP contribution is 2.55. The van der Waals surface area contributed by atoms with Crippen molar-refractivity contribution in [2.45, 2.75) is 50.6 Å². The molecule has 0 fully saturated rings. The van der Waals surface area contributed by atoms with Crippen LogP contribution in [0.3, 0.4) is 0 Å². The van der Waals surface area contributed by atoms with Crippen LogP contribution in [-0.4, -0.2) is 21.6 Å². The summed E-state index contributed by atoms with van der Waals surface area (Å²) in [7, 11) is 0. The highest BCUT2D eigenvalue weighted by atomic mass is 16.2. The number of hydrogen-bond donors (Lipinski definition) is 0. The van der Waals surface area contributed by atoms with Crippen molar-refractivity contribution >= 4 is 44.8 Å². The van der Waals surface area contributed by atoms with Gasteiger partial charge in [-0.3, -0.25) is 19.4 Å². The van der Waals surface area contributed by atoms with Gasteiger partial charge in [-0.2, -0.15) is 0 Å². The largest absolute Gasteiger partial charge is 0.299 e. The molecule has 0 saturated carbocycles. The van der Waals surface area contributed by atoms with Crippen LogP contribution in [0, 0.1) is 0 Å². The summed E-state index contributed by atoms with van der Waals surface area (Å²) in [6.07, 6.45) is 5.64. The Hall–Kier alpha value is -5.74. The topological polar surface area (TPSA) is 40.6 Å². The molecule has 2 atom stereocenters. The zero-order valence-corrected chi connectivity index (χ0v) is 27.8. The third-order valence-electron chi connectivity index (χ3n) is 11.5. The van der Waals surface area contributed by atoms with Crippen molar-refractivity contribution in [2.24, 2.45) is 0 Å². The van der Waals surface area contributed by atoms with Crippen LogP contribution >= 0.6 is 0 Å². The molecule has 2 amide bonds. The number of fused-ring (bicyclic) bond motifs is 5. The fourth-order valence-corrected chi connectivity index (χ4v) is 9.32. The molecule has 0 radical (unpaired) electrons. The van der Waals surface area contributed by atoms with Crippen LogP contribution in [0.25, 0.3) is 32.9 Å². The predicted molar refractivity (Wildman–Crippen MR) is 200 cm³/mol. The predicted octanol–water partition coefficient (Wildman–Crippen LogP) is 9.95. The molecule has 0 N–H and O–H groups in total. The van der Waals surface area contributed by atoms with Gasteiger partial charge in [0.1, 0.15) is 0 Å². The van der Waals surface area contributed by atoms with E-state index in [1.807, 2.05) is 34.1 Å². The minimum Gasteiger partial charge on any atom is -0.299 e. The van der Waals surface area contributed by atoms with Gasteiger partial charge in [-0.1, -0.05) is 133 Å². The molecule has 4 nitrogen and oxygen atoms in total. The summed E-state index contributed by atoms with van der Waals surface area (Å²) >= 11 is 0. The maximum absolute atomic E-state index is 15.6. The third kappa shape index (κ3) is 4.24. The minimum atomic E-state index is -0.169. The molecular weight excluding hydrogens is 613 g/mol. The van der Waals surface area contributed by atoms with Crippen molar-refractivity contribution in [1.29, 1.82) is 0 Å². The zero-order chi connectivity index (χ0) is 33.3. The van der Waals surface area contributed by atoms with Crippen LogP contribution in [0.2, 0.25) is 0 Å². The van der Waals surface area contributed by atoms with E-state index in [9.17, 15) is 0 Å². The number of hydrogen-bond acceptors (Lipinski definition) is 2. The summed E-state index contributed by atoms with van der Waals surface area (Å²) in [6.45, 7) is 0. The average molecular weight is 649 g/mol. The summed E-state index contributed by atoms with van der Waals surface area (Å²) in [5.74, 6) is -0.153. The first-order valence-corrected chi connectivity index (χ1v) is 18.0. The summed E-state index contributed by atoms with van der Waals surface area (Å²) in [5.41, 5.74) is 9.38. The Morgan fingerprint density at radius 3 is 1.32 bits per heavy atom. The van der Waals surface area contributed by atoms with Crippen LogP contribution in [0.5, 0.6) is 0 Å². The highest BCUT2D eigenvalue weighted by Gasteiger charge is 2.53. The number of amides is 2. The lowest BCUT2D eigenvalue weighted by molar-refractivity contribution is -0.125. The van der Waals surface area contributed by atoms with E-state index in [4.69, 9.17) is 0 Å². The Morgan fingerprint density at radius 2 is 0.840 bits per heavy atom. The molecule has 2 aliphatic carbocycles. The zero-order valence-electron chi connectivity index (χ0n) is 27.8. The number of rotatable bonds is 4. The molecule has 2 heterocycles. The lowest BCUT2D eigenvalue weighted by atomic mass is 9.85. The quantitative estimate of drug-likeness (QED) is 0.191. The molecule has 4 heteroatoms. The minimum absolute atomic E-state index is 0.0764. The van der Waals surface area contributed by atoms with E-state index in [0.29, 0.717) is 11.1 Å². The number of carbonyl (C=O) groups excluding carboxylic acids is 2. The number of carbonyl (C=O) groups is 2. The highest BCUT2D eigenvalue weighted by molar-refractivity contribution is 6.32. The Labute approximate surface area is 292 Å². The second-order valence-electron chi connectivity index (χ2n) is 14.1. The van der Waals surface area contributed by atoms with E-state index in [1.54, 1.807) is 0 Å². The van der Waals surface area contributed by atoms with E-state index in [-0.39, 0.29) is 23.9 Å². The summed E-state index contributed by atoms with van der Waals surface area (Å²) < 4.78 is 0. The first-order valence-electron chi connectivity index (χ1n) is 18.0. The molecule has 0 saturated heterocycles. The lowest BCUT2D eigenvalue weighted by Gasteiger charge is -2.38. The van der Waals surface area contributed by atoms with Gasteiger partial charge in [0.05, 0.1) is 34.6 Å². The van der Waals surface area contributed by atoms with Gasteiger partial charge in [-0.15, -0.1) is 0 Å². The number of nitrogens with zero attached hydrogens (tertiary/aromatic N) is 2. The smallest absolute Gasteiger partial charge is 0.261 e. The molecule has 4 aliphatic rings. The fourth-order valence-electron chi connectivity index (χ4n) is 9.32. The Balaban J connectivity index is 1.30. The summed E-state index contributed by atoms with van der Waals surface area (Å²) in [6, 6.07) is 46.0. The van der Waals surface area contributed by atoms with E-state index in [2.05, 4.69) is 109 Å². The molecule has 0 aromatic heterocycles. The van der Waals surface area contributed by atoms with Gasteiger partial charge in [-0.05, 0) is 82.3 Å². The van der Waals surface area contributed by atoms with Crippen molar-refractivity contribution in [3.63, 3.8) is 0 Å². The standard InChI is InChI=1S/C46H36N2O2/c49-45-41-42(44(38-26-10-18-30-14-2-6-22-34(30)38)48(45)40-28-12-20-32-16-4-8-24-36(32)40)46(50)47(39-27-11-19-31-15-3-7-23-35(31)39)43(41)37-25-9-17-29-13-1-5-21-33(29)37/h1-10,13-18,21-26,39-40H,11-12,19-20,27-28H2. The Morgan fingerprint density at radius 1 is 0.440 bits per heavy atom. The van der Waals surface area contributed by atoms with Crippen molar-refractivity contribution in [1.82, 2.24) is 9.80 Å². The van der Waals surface area contributed by atoms with Gasteiger partial charge in [-0.25, -0.2) is 0 Å². The second-order valence-corrected chi connectivity index (χ2v) is 14.1. The Bertz CT molecular complexity index is 2290. The molecule has 0 bridgehead atoms. The average Bonchev–Trinajstić information content (AvgIpc) is 3.64. The molecular formula is C46H36N2O2.